The van der Waals surface area contributed by atoms with Crippen LogP contribution in [0.5, 0.6) is 0 Å². The second kappa shape index (κ2) is 10.3. The number of halogens is 1. The quantitative estimate of drug-likeness (QED) is 0.438. The van der Waals surface area contributed by atoms with Crippen LogP contribution in [0.15, 0.2) is 48.5 Å². The molecule has 7 heteroatoms. The number of ether oxygens (including phenoxy) is 1. The maximum absolute atomic E-state index is 6.17. The second-order valence-corrected chi connectivity index (χ2v) is 9.86. The molecular weight excluding hydrogens is 434 g/mol. The molecule has 5 rings (SSSR count). The summed E-state index contributed by atoms with van der Waals surface area (Å²) in [6.07, 6.45) is 7.19. The fraction of sp³-hybridized carbons (Fsp3) is 0.500. The molecule has 1 aromatic heterocycles. The Hall–Kier alpha value is -2.28. The Morgan fingerprint density at radius 2 is 1.79 bits per heavy atom. The molecule has 1 aliphatic heterocycles. The van der Waals surface area contributed by atoms with Crippen LogP contribution in [-0.2, 0) is 11.3 Å². The molecule has 2 fully saturated rings. The molecule has 6 nitrogen and oxygen atoms in total. The molecule has 0 amide bonds. The lowest BCUT2D eigenvalue weighted by Crippen LogP contribution is -2.37. The van der Waals surface area contributed by atoms with E-state index in [2.05, 4.69) is 68.4 Å². The predicted octanol–water partition coefficient (Wildman–Crippen LogP) is 5.52. The van der Waals surface area contributed by atoms with Crippen LogP contribution in [0, 0.1) is 6.92 Å². The van der Waals surface area contributed by atoms with Gasteiger partial charge in [-0.25, -0.2) is 4.68 Å². The van der Waals surface area contributed by atoms with Crippen molar-refractivity contribution in [3.05, 3.63) is 76.1 Å². The van der Waals surface area contributed by atoms with Crippen LogP contribution in [0.3, 0.4) is 0 Å². The molecule has 174 valence electrons. The summed E-state index contributed by atoms with van der Waals surface area (Å²) in [6, 6.07) is 17.3. The average Bonchev–Trinajstić information content (AvgIpc) is 3.60. The zero-order valence-corrected chi connectivity index (χ0v) is 20.0. The molecule has 33 heavy (non-hydrogen) atoms. The molecule has 0 spiro atoms. The molecule has 1 saturated heterocycles. The minimum Gasteiger partial charge on any atom is -0.377 e. The molecule has 2 heterocycles. The second-order valence-electron chi connectivity index (χ2n) is 9.42. The van der Waals surface area contributed by atoms with Crippen LogP contribution in [0.25, 0.3) is 0 Å². The first-order valence-corrected chi connectivity index (χ1v) is 12.5. The number of aromatic nitrogens is 4. The monoisotopic (exact) mass is 465 g/mol. The first-order valence-electron chi connectivity index (χ1n) is 12.1. The largest absolute Gasteiger partial charge is 0.377 e. The summed E-state index contributed by atoms with van der Waals surface area (Å²) in [4.78, 5) is 2.49. The summed E-state index contributed by atoms with van der Waals surface area (Å²) >= 11 is 6.17. The molecule has 2 aromatic carbocycles. The van der Waals surface area contributed by atoms with E-state index in [9.17, 15) is 0 Å². The maximum atomic E-state index is 6.17. The van der Waals surface area contributed by atoms with Gasteiger partial charge in [0, 0.05) is 24.7 Å². The lowest BCUT2D eigenvalue weighted by molar-refractivity contribution is 0.0572. The molecule has 0 radical (unpaired) electrons. The van der Waals surface area contributed by atoms with Crippen molar-refractivity contribution >= 4 is 11.6 Å². The summed E-state index contributed by atoms with van der Waals surface area (Å²) in [7, 11) is 0. The van der Waals surface area contributed by atoms with E-state index in [1.54, 1.807) is 0 Å². The van der Waals surface area contributed by atoms with Gasteiger partial charge in [-0.05, 0) is 66.3 Å². The van der Waals surface area contributed by atoms with Crippen molar-refractivity contribution in [2.45, 2.75) is 70.2 Å². The number of hydrogen-bond donors (Lipinski definition) is 0. The summed E-state index contributed by atoms with van der Waals surface area (Å²) in [6.45, 7) is 4.57. The highest BCUT2D eigenvalue weighted by atomic mass is 35.5. The van der Waals surface area contributed by atoms with E-state index in [4.69, 9.17) is 16.3 Å². The highest BCUT2D eigenvalue weighted by molar-refractivity contribution is 6.30. The Morgan fingerprint density at radius 1 is 1.03 bits per heavy atom. The lowest BCUT2D eigenvalue weighted by Gasteiger charge is -2.33. The first-order chi connectivity index (χ1) is 16.2. The van der Waals surface area contributed by atoms with Gasteiger partial charge in [-0.1, -0.05) is 66.4 Å². The summed E-state index contributed by atoms with van der Waals surface area (Å²) in [5.74, 6) is 0.928. The predicted molar refractivity (Wildman–Crippen MR) is 129 cm³/mol. The van der Waals surface area contributed by atoms with Gasteiger partial charge in [0.15, 0.2) is 5.82 Å². The van der Waals surface area contributed by atoms with Crippen LogP contribution >= 0.6 is 11.6 Å². The molecule has 3 aromatic rings. The van der Waals surface area contributed by atoms with E-state index in [1.165, 1.54) is 29.5 Å². The fourth-order valence-corrected chi connectivity index (χ4v) is 5.32. The highest BCUT2D eigenvalue weighted by Gasteiger charge is 2.33. The minimum atomic E-state index is -0.0546. The van der Waals surface area contributed by atoms with Gasteiger partial charge in [0.1, 0.15) is 0 Å². The van der Waals surface area contributed by atoms with Gasteiger partial charge < -0.3 is 4.74 Å². The van der Waals surface area contributed by atoms with Crippen molar-refractivity contribution < 1.29 is 4.74 Å². The highest BCUT2D eigenvalue weighted by Crippen LogP contribution is 2.35. The van der Waals surface area contributed by atoms with E-state index in [-0.39, 0.29) is 12.1 Å². The van der Waals surface area contributed by atoms with E-state index >= 15 is 0 Å². The Balaban J connectivity index is 1.55. The third-order valence-corrected chi connectivity index (χ3v) is 7.20. The van der Waals surface area contributed by atoms with Gasteiger partial charge in [0.25, 0.3) is 0 Å². The maximum Gasteiger partial charge on any atom is 0.173 e. The average molecular weight is 466 g/mol. The lowest BCUT2D eigenvalue weighted by atomic mass is 10.0. The van der Waals surface area contributed by atoms with Crippen molar-refractivity contribution in [2.75, 3.05) is 13.2 Å². The zero-order chi connectivity index (χ0) is 22.6. The van der Waals surface area contributed by atoms with E-state index in [0.717, 1.165) is 56.2 Å². The van der Waals surface area contributed by atoms with Gasteiger partial charge in [-0.3, -0.25) is 4.90 Å². The van der Waals surface area contributed by atoms with Gasteiger partial charge in [-0.2, -0.15) is 0 Å². The molecule has 0 bridgehead atoms. The van der Waals surface area contributed by atoms with Gasteiger partial charge >= 0.3 is 0 Å². The smallest absolute Gasteiger partial charge is 0.173 e. The van der Waals surface area contributed by atoms with Gasteiger partial charge in [-0.15, -0.1) is 5.10 Å². The number of nitrogens with zero attached hydrogens (tertiary/aromatic N) is 5. The minimum absolute atomic E-state index is 0.0546. The van der Waals surface area contributed by atoms with Gasteiger partial charge in [0.05, 0.1) is 18.2 Å². The summed E-state index contributed by atoms with van der Waals surface area (Å²) < 4.78 is 8.17. The Bertz CT molecular complexity index is 1020. The van der Waals surface area contributed by atoms with Crippen LogP contribution in [0.1, 0.15) is 73.1 Å². The standard InChI is InChI=1S/C26H32ClN5O/c1-19-8-12-21(13-9-19)25(26-28-29-30-32(26)23-5-2-3-6-23)31(18-24-7-4-16-33-24)17-20-10-14-22(27)15-11-20/h8-15,23-25H,2-7,16-18H2,1H3. The third-order valence-electron chi connectivity index (χ3n) is 6.95. The number of tetrazole rings is 1. The number of hydrogen-bond acceptors (Lipinski definition) is 5. The van der Waals surface area contributed by atoms with E-state index < -0.39 is 0 Å². The Morgan fingerprint density at radius 3 is 2.48 bits per heavy atom. The van der Waals surface area contributed by atoms with E-state index in [0.29, 0.717) is 6.04 Å². The summed E-state index contributed by atoms with van der Waals surface area (Å²) in [5.41, 5.74) is 3.67. The van der Waals surface area contributed by atoms with Crippen molar-refractivity contribution in [3.63, 3.8) is 0 Å². The SMILES string of the molecule is Cc1ccc(C(c2nnnn2C2CCCC2)N(Cc2ccc(Cl)cc2)CC2CCCO2)cc1. The third kappa shape index (κ3) is 5.29. The Labute approximate surface area is 200 Å². The van der Waals surface area contributed by atoms with Crippen LogP contribution < -0.4 is 0 Å². The van der Waals surface area contributed by atoms with Crippen molar-refractivity contribution in [2.24, 2.45) is 0 Å². The van der Waals surface area contributed by atoms with Crippen molar-refractivity contribution in [1.29, 1.82) is 0 Å². The number of aryl methyl sites for hydroxylation is 1. The van der Waals surface area contributed by atoms with Crippen LogP contribution in [0.4, 0.5) is 0 Å². The molecule has 1 aliphatic carbocycles. The van der Waals surface area contributed by atoms with E-state index in [1.807, 2.05) is 12.1 Å². The number of rotatable bonds is 8. The zero-order valence-electron chi connectivity index (χ0n) is 19.2. The van der Waals surface area contributed by atoms with Gasteiger partial charge in [0.2, 0.25) is 0 Å². The summed E-state index contributed by atoms with van der Waals surface area (Å²) in [5, 5.41) is 14.0. The Kier molecular flexibility index (Phi) is 7.04. The molecule has 2 aliphatic rings. The van der Waals surface area contributed by atoms with Crippen LogP contribution in [-0.4, -0.2) is 44.4 Å². The van der Waals surface area contributed by atoms with Crippen LogP contribution in [0.2, 0.25) is 5.02 Å². The first kappa shape index (κ1) is 22.5. The van der Waals surface area contributed by atoms with Crippen molar-refractivity contribution in [3.8, 4) is 0 Å². The topological polar surface area (TPSA) is 56.1 Å². The van der Waals surface area contributed by atoms with Crippen molar-refractivity contribution in [1.82, 2.24) is 25.1 Å². The molecule has 1 saturated carbocycles. The molecule has 0 N–H and O–H groups in total. The molecule has 2 atom stereocenters. The normalized spacial score (nSPS) is 20.0. The molecular formula is C26H32ClN5O. The number of benzene rings is 2. The fourth-order valence-electron chi connectivity index (χ4n) is 5.20. The molecule has 2 unspecified atom stereocenters.